The van der Waals surface area contributed by atoms with Crippen LogP contribution in [0.3, 0.4) is 0 Å². The predicted molar refractivity (Wildman–Crippen MR) is 105 cm³/mol. The van der Waals surface area contributed by atoms with E-state index in [1.165, 1.54) is 4.90 Å². The van der Waals surface area contributed by atoms with Gasteiger partial charge in [0.1, 0.15) is 0 Å². The highest BCUT2D eigenvalue weighted by molar-refractivity contribution is 7.98. The molecule has 0 aliphatic carbocycles. The lowest BCUT2D eigenvalue weighted by Crippen LogP contribution is -2.45. The molecule has 0 radical (unpaired) electrons. The number of nitrogens with one attached hydrogen (secondary N) is 2. The molecule has 3 amide bonds. The molecule has 1 aromatic rings. The highest BCUT2D eigenvalue weighted by Crippen LogP contribution is 2.24. The van der Waals surface area contributed by atoms with Gasteiger partial charge in [0.25, 0.3) is 0 Å². The predicted octanol–water partition coefficient (Wildman–Crippen LogP) is 1.26. The summed E-state index contributed by atoms with van der Waals surface area (Å²) in [5.74, 6) is -0.552. The van der Waals surface area contributed by atoms with Gasteiger partial charge in [-0.05, 0) is 39.3 Å². The van der Waals surface area contributed by atoms with Crippen molar-refractivity contribution in [3.8, 4) is 0 Å². The second kappa shape index (κ2) is 11.5. The zero-order valence-corrected chi connectivity index (χ0v) is 16.7. The Morgan fingerprint density at radius 3 is 2.35 bits per heavy atom. The Morgan fingerprint density at radius 1 is 1.04 bits per heavy atom. The van der Waals surface area contributed by atoms with Crippen molar-refractivity contribution in [1.82, 2.24) is 15.1 Å². The number of nitrogens with zero attached hydrogens (tertiary/aromatic N) is 2. The van der Waals surface area contributed by atoms with Crippen molar-refractivity contribution >= 4 is 35.2 Å². The van der Waals surface area contributed by atoms with Crippen LogP contribution in [-0.4, -0.2) is 73.5 Å². The van der Waals surface area contributed by atoms with Crippen LogP contribution in [0.2, 0.25) is 0 Å². The highest BCUT2D eigenvalue weighted by Gasteiger charge is 2.18. The van der Waals surface area contributed by atoms with Gasteiger partial charge in [0.2, 0.25) is 17.7 Å². The first-order valence-electron chi connectivity index (χ1n) is 8.57. The first-order valence-corrected chi connectivity index (χ1v) is 9.79. The normalized spacial score (nSPS) is 10.5. The molecule has 0 bridgehead atoms. The lowest BCUT2D eigenvalue weighted by atomic mass is 10.3. The van der Waals surface area contributed by atoms with E-state index in [0.717, 1.165) is 10.6 Å². The largest absolute Gasteiger partial charge is 0.355 e. The van der Waals surface area contributed by atoms with Crippen LogP contribution >= 0.6 is 11.8 Å². The van der Waals surface area contributed by atoms with Crippen LogP contribution in [0.15, 0.2) is 29.2 Å². The van der Waals surface area contributed by atoms with Crippen molar-refractivity contribution in [2.75, 3.05) is 51.3 Å². The van der Waals surface area contributed by atoms with E-state index in [-0.39, 0.29) is 37.4 Å². The first-order chi connectivity index (χ1) is 12.4. The molecule has 144 valence electrons. The summed E-state index contributed by atoms with van der Waals surface area (Å²) in [6.45, 7) is 4.82. The lowest BCUT2D eigenvalue weighted by Gasteiger charge is -2.23. The number of amides is 3. The number of hydrogen-bond acceptors (Lipinski definition) is 5. The van der Waals surface area contributed by atoms with Gasteiger partial charge >= 0.3 is 0 Å². The summed E-state index contributed by atoms with van der Waals surface area (Å²) in [4.78, 5) is 40.3. The van der Waals surface area contributed by atoms with E-state index in [2.05, 4.69) is 10.6 Å². The van der Waals surface area contributed by atoms with Crippen molar-refractivity contribution in [3.63, 3.8) is 0 Å². The third-order valence-corrected chi connectivity index (χ3v) is 4.44. The Hall–Kier alpha value is -2.06. The number of carbonyl (C=O) groups is 3. The molecular weight excluding hydrogens is 352 g/mol. The topological polar surface area (TPSA) is 81.8 Å². The molecule has 0 aromatic heterocycles. The monoisotopic (exact) mass is 380 g/mol. The van der Waals surface area contributed by atoms with Gasteiger partial charge in [0.05, 0.1) is 25.3 Å². The molecule has 0 saturated heterocycles. The standard InChI is InChI=1S/C18H28N4O3S/c1-5-19-16(23)12-22(6-2)18(25)13-21(3)11-17(24)20-14-9-7-8-10-15(14)26-4/h7-10H,5-6,11-13H2,1-4H3,(H,19,23)(H,20,24). The van der Waals surface area contributed by atoms with Gasteiger partial charge in [-0.15, -0.1) is 11.8 Å². The number of thioether (sulfide) groups is 1. The van der Waals surface area contributed by atoms with Crippen molar-refractivity contribution in [2.45, 2.75) is 18.7 Å². The van der Waals surface area contributed by atoms with E-state index >= 15 is 0 Å². The van der Waals surface area contributed by atoms with E-state index in [9.17, 15) is 14.4 Å². The van der Waals surface area contributed by atoms with Crippen LogP contribution in [0, 0.1) is 0 Å². The summed E-state index contributed by atoms with van der Waals surface area (Å²) < 4.78 is 0. The zero-order valence-electron chi connectivity index (χ0n) is 15.9. The zero-order chi connectivity index (χ0) is 19.5. The Bertz CT molecular complexity index is 624. The number of benzene rings is 1. The minimum Gasteiger partial charge on any atom is -0.355 e. The van der Waals surface area contributed by atoms with Crippen LogP contribution in [0.4, 0.5) is 5.69 Å². The van der Waals surface area contributed by atoms with E-state index in [4.69, 9.17) is 0 Å². The summed E-state index contributed by atoms with van der Waals surface area (Å²) in [5, 5.41) is 5.54. The number of hydrogen-bond donors (Lipinski definition) is 2. The summed E-state index contributed by atoms with van der Waals surface area (Å²) >= 11 is 1.56. The average molecular weight is 381 g/mol. The summed E-state index contributed by atoms with van der Waals surface area (Å²) in [7, 11) is 1.71. The molecule has 0 aliphatic rings. The van der Waals surface area contributed by atoms with Crippen LogP contribution in [0.1, 0.15) is 13.8 Å². The highest BCUT2D eigenvalue weighted by atomic mass is 32.2. The number of likely N-dealkylation sites (N-methyl/N-ethyl adjacent to an activating group) is 3. The minimum atomic E-state index is -0.187. The molecule has 0 saturated carbocycles. The molecule has 26 heavy (non-hydrogen) atoms. The van der Waals surface area contributed by atoms with Crippen molar-refractivity contribution in [2.24, 2.45) is 0 Å². The van der Waals surface area contributed by atoms with Gasteiger partial charge in [-0.25, -0.2) is 0 Å². The minimum absolute atomic E-state index is 0.0321. The average Bonchev–Trinajstić information content (AvgIpc) is 2.59. The number of carbonyl (C=O) groups excluding carboxylic acids is 3. The molecule has 8 heteroatoms. The SMILES string of the molecule is CCNC(=O)CN(CC)C(=O)CN(C)CC(=O)Nc1ccccc1SC. The van der Waals surface area contributed by atoms with E-state index in [0.29, 0.717) is 13.1 Å². The first kappa shape index (κ1) is 22.0. The quantitative estimate of drug-likeness (QED) is 0.597. The van der Waals surface area contributed by atoms with Crippen LogP contribution in [-0.2, 0) is 14.4 Å². The molecular formula is C18H28N4O3S. The Morgan fingerprint density at radius 2 is 1.73 bits per heavy atom. The fraction of sp³-hybridized carbons (Fsp3) is 0.500. The van der Waals surface area contributed by atoms with Gasteiger partial charge in [-0.2, -0.15) is 0 Å². The third-order valence-electron chi connectivity index (χ3n) is 3.64. The lowest BCUT2D eigenvalue weighted by molar-refractivity contribution is -0.136. The Labute approximate surface area is 159 Å². The maximum absolute atomic E-state index is 12.3. The van der Waals surface area contributed by atoms with Crippen molar-refractivity contribution in [3.05, 3.63) is 24.3 Å². The van der Waals surface area contributed by atoms with Gasteiger partial charge in [-0.1, -0.05) is 12.1 Å². The molecule has 0 spiro atoms. The van der Waals surface area contributed by atoms with E-state index in [1.54, 1.807) is 23.7 Å². The maximum atomic E-state index is 12.3. The molecule has 7 nitrogen and oxygen atoms in total. The van der Waals surface area contributed by atoms with Crippen molar-refractivity contribution < 1.29 is 14.4 Å². The Kier molecular flexibility index (Phi) is 9.75. The van der Waals surface area contributed by atoms with Crippen LogP contribution in [0.5, 0.6) is 0 Å². The van der Waals surface area contributed by atoms with Gasteiger partial charge in [-0.3, -0.25) is 19.3 Å². The van der Waals surface area contributed by atoms with Crippen LogP contribution < -0.4 is 10.6 Å². The van der Waals surface area contributed by atoms with Gasteiger partial charge in [0.15, 0.2) is 0 Å². The molecule has 0 heterocycles. The maximum Gasteiger partial charge on any atom is 0.239 e. The molecule has 1 rings (SSSR count). The number of anilines is 1. The third kappa shape index (κ3) is 7.45. The number of rotatable bonds is 10. The summed E-state index contributed by atoms with van der Waals surface area (Å²) in [5.41, 5.74) is 0.760. The van der Waals surface area contributed by atoms with E-state index < -0.39 is 0 Å². The fourth-order valence-electron chi connectivity index (χ4n) is 2.37. The van der Waals surface area contributed by atoms with Gasteiger partial charge < -0.3 is 15.5 Å². The molecule has 0 fully saturated rings. The smallest absolute Gasteiger partial charge is 0.239 e. The van der Waals surface area contributed by atoms with Crippen molar-refractivity contribution in [1.29, 1.82) is 0 Å². The van der Waals surface area contributed by atoms with E-state index in [1.807, 2.05) is 44.4 Å². The van der Waals surface area contributed by atoms with Crippen LogP contribution in [0.25, 0.3) is 0 Å². The molecule has 0 unspecified atom stereocenters. The molecule has 2 N–H and O–H groups in total. The van der Waals surface area contributed by atoms with Gasteiger partial charge in [0, 0.05) is 18.0 Å². The molecule has 0 atom stereocenters. The number of para-hydroxylation sites is 1. The Balaban J connectivity index is 2.53. The molecule has 1 aromatic carbocycles. The molecule has 0 aliphatic heterocycles. The second-order valence-corrected chi connectivity index (χ2v) is 6.63. The summed E-state index contributed by atoms with van der Waals surface area (Å²) in [6, 6.07) is 7.57. The second-order valence-electron chi connectivity index (χ2n) is 5.78. The fourth-order valence-corrected chi connectivity index (χ4v) is 2.93. The summed E-state index contributed by atoms with van der Waals surface area (Å²) in [6.07, 6.45) is 1.95.